The number of hydrogen-bond donors (Lipinski definition) is 0. The fraction of sp³-hybridized carbons (Fsp3) is 0.0417. The zero-order valence-electron chi connectivity index (χ0n) is 43.1. The monoisotopic (exact) mass is 1010 g/mol. The summed E-state index contributed by atoms with van der Waals surface area (Å²) in [6, 6.07) is 85.0. The number of para-hydroxylation sites is 3. The minimum Gasteiger partial charge on any atom is -0.456 e. The molecule has 0 unspecified atom stereocenters. The molecule has 4 aromatic heterocycles. The zero-order chi connectivity index (χ0) is 52.3. The Balaban J connectivity index is 0.818. The molecule has 0 amide bonds. The maximum absolute atomic E-state index is 6.63. The summed E-state index contributed by atoms with van der Waals surface area (Å²) in [6.45, 7) is 4.68. The molecule has 7 nitrogen and oxygen atoms in total. The molecule has 4 heterocycles. The second-order valence-corrected chi connectivity index (χ2v) is 21.0. The standard InChI is InChI=1S/C72H46N4O3/c1-72(2)57-25-9-6-19-52(57)67-58(72)26-15-27-59(67)76(48-39-34-44(35-40-48)49-21-12-22-51-50-18-7-10-28-60(50)79-68(49)51)47-37-32-43(33-38-47)46-36-41-62-56(42-46)66-55(24-14-31-64(66)78-62)71-74-69(45-16-4-3-5-17-45)73-70(75-71)54-23-13-30-63-65(54)53-20-8-11-29-61(53)77-63/h3-42H,1-2H3. The van der Waals surface area contributed by atoms with Gasteiger partial charge >= 0.3 is 0 Å². The number of aromatic nitrogens is 3. The summed E-state index contributed by atoms with van der Waals surface area (Å²) in [5.41, 5.74) is 20.0. The van der Waals surface area contributed by atoms with Crippen LogP contribution in [0.25, 0.3) is 133 Å². The average Bonchev–Trinajstić information content (AvgIpc) is 4.46. The van der Waals surface area contributed by atoms with Crippen molar-refractivity contribution in [2.75, 3.05) is 4.90 Å². The predicted molar refractivity (Wildman–Crippen MR) is 321 cm³/mol. The summed E-state index contributed by atoms with van der Waals surface area (Å²) >= 11 is 0. The Kier molecular flexibility index (Phi) is 9.84. The second kappa shape index (κ2) is 17.3. The van der Waals surface area contributed by atoms with Crippen LogP contribution in [0.5, 0.6) is 0 Å². The highest BCUT2D eigenvalue weighted by Crippen LogP contribution is 2.54. The van der Waals surface area contributed by atoms with Crippen LogP contribution in [-0.2, 0) is 5.41 Å². The lowest BCUT2D eigenvalue weighted by Crippen LogP contribution is -2.16. The number of fused-ring (bicyclic) bond motifs is 12. The molecule has 0 spiro atoms. The SMILES string of the molecule is CC1(C)c2ccccc2-c2c(N(c3ccc(-c4ccc5oc6cccc(-c7nc(-c8ccccc8)nc(-c8cccc9oc%10ccccc%10c89)n7)c6c5c4)cc3)c3ccc(-c4cccc5c4oc4ccccc45)cc3)cccc21. The minimum absolute atomic E-state index is 0.164. The third-order valence-electron chi connectivity index (χ3n) is 16.2. The van der Waals surface area contributed by atoms with Gasteiger partial charge in [-0.3, -0.25) is 0 Å². The molecule has 16 rings (SSSR count). The van der Waals surface area contributed by atoms with E-state index in [-0.39, 0.29) is 5.41 Å². The second-order valence-electron chi connectivity index (χ2n) is 21.0. The molecular weight excluding hydrogens is 969 g/mol. The quantitative estimate of drug-likeness (QED) is 0.150. The summed E-state index contributed by atoms with van der Waals surface area (Å²) < 4.78 is 19.5. The molecule has 7 heteroatoms. The van der Waals surface area contributed by atoms with Crippen molar-refractivity contribution in [3.8, 4) is 67.5 Å². The summed E-state index contributed by atoms with van der Waals surface area (Å²) in [5, 5.41) is 6.12. The van der Waals surface area contributed by atoms with Gasteiger partial charge in [-0.15, -0.1) is 0 Å². The first kappa shape index (κ1) is 44.9. The van der Waals surface area contributed by atoms with Crippen LogP contribution >= 0.6 is 0 Å². The maximum atomic E-state index is 6.63. The molecule has 0 N–H and O–H groups in total. The highest BCUT2D eigenvalue weighted by molar-refractivity contribution is 6.14. The van der Waals surface area contributed by atoms with Crippen molar-refractivity contribution in [3.05, 3.63) is 254 Å². The van der Waals surface area contributed by atoms with Crippen LogP contribution in [0.15, 0.2) is 256 Å². The van der Waals surface area contributed by atoms with Crippen LogP contribution < -0.4 is 4.90 Å². The van der Waals surface area contributed by atoms with Gasteiger partial charge in [-0.25, -0.2) is 15.0 Å². The predicted octanol–water partition coefficient (Wildman–Crippen LogP) is 19.7. The first-order chi connectivity index (χ1) is 38.9. The van der Waals surface area contributed by atoms with Gasteiger partial charge in [-0.05, 0) is 100 Å². The number of furan rings is 3. The van der Waals surface area contributed by atoms with Gasteiger partial charge in [0.25, 0.3) is 0 Å². The van der Waals surface area contributed by atoms with Crippen LogP contribution in [0.3, 0.4) is 0 Å². The van der Waals surface area contributed by atoms with Gasteiger partial charge in [0.05, 0.1) is 5.69 Å². The van der Waals surface area contributed by atoms with Crippen molar-refractivity contribution in [1.29, 1.82) is 0 Å². The largest absolute Gasteiger partial charge is 0.456 e. The molecule has 1 aliphatic carbocycles. The van der Waals surface area contributed by atoms with E-state index in [0.717, 1.165) is 122 Å². The zero-order valence-corrected chi connectivity index (χ0v) is 43.1. The average molecular weight is 1020 g/mol. The fourth-order valence-electron chi connectivity index (χ4n) is 12.4. The van der Waals surface area contributed by atoms with Crippen molar-refractivity contribution in [1.82, 2.24) is 15.0 Å². The van der Waals surface area contributed by atoms with Crippen LogP contribution in [0.2, 0.25) is 0 Å². The molecule has 0 fully saturated rings. The van der Waals surface area contributed by atoms with E-state index in [1.165, 1.54) is 22.3 Å². The van der Waals surface area contributed by atoms with Crippen molar-refractivity contribution in [2.24, 2.45) is 0 Å². The summed E-state index contributed by atoms with van der Waals surface area (Å²) in [4.78, 5) is 18.1. The lowest BCUT2D eigenvalue weighted by molar-refractivity contribution is 0.660. The number of benzene rings is 11. The minimum atomic E-state index is -0.164. The van der Waals surface area contributed by atoms with Gasteiger partial charge in [0.2, 0.25) is 0 Å². The molecular formula is C72H46N4O3. The molecule has 15 aromatic rings. The van der Waals surface area contributed by atoms with Crippen LogP contribution in [0.4, 0.5) is 17.1 Å². The van der Waals surface area contributed by atoms with Crippen molar-refractivity contribution < 1.29 is 13.3 Å². The lowest BCUT2D eigenvalue weighted by Gasteiger charge is -2.29. The Bertz CT molecular complexity index is 4930. The Morgan fingerprint density at radius 3 is 1.57 bits per heavy atom. The maximum Gasteiger partial charge on any atom is 0.164 e. The van der Waals surface area contributed by atoms with Gasteiger partial charge in [0.1, 0.15) is 33.5 Å². The Labute approximate surface area is 454 Å². The molecule has 0 aliphatic heterocycles. The number of rotatable bonds is 8. The van der Waals surface area contributed by atoms with E-state index < -0.39 is 0 Å². The van der Waals surface area contributed by atoms with Crippen molar-refractivity contribution >= 4 is 82.9 Å². The van der Waals surface area contributed by atoms with Crippen molar-refractivity contribution in [3.63, 3.8) is 0 Å². The van der Waals surface area contributed by atoms with Crippen LogP contribution in [0, 0.1) is 0 Å². The Morgan fingerprint density at radius 2 is 0.835 bits per heavy atom. The van der Waals surface area contributed by atoms with Crippen LogP contribution in [-0.4, -0.2) is 15.0 Å². The highest BCUT2D eigenvalue weighted by Gasteiger charge is 2.38. The molecule has 372 valence electrons. The first-order valence-electron chi connectivity index (χ1n) is 26.7. The van der Waals surface area contributed by atoms with Gasteiger partial charge in [-0.2, -0.15) is 0 Å². The summed E-state index contributed by atoms with van der Waals surface area (Å²) in [7, 11) is 0. The van der Waals surface area contributed by atoms with Crippen molar-refractivity contribution in [2.45, 2.75) is 19.3 Å². The summed E-state index contributed by atoms with van der Waals surface area (Å²) in [6.07, 6.45) is 0. The summed E-state index contributed by atoms with van der Waals surface area (Å²) in [5.74, 6) is 1.69. The topological polar surface area (TPSA) is 81.3 Å². The molecule has 0 bridgehead atoms. The molecule has 0 radical (unpaired) electrons. The van der Waals surface area contributed by atoms with Gasteiger partial charge < -0.3 is 18.2 Å². The third kappa shape index (κ3) is 7.03. The molecule has 1 aliphatic rings. The number of nitrogens with zero attached hydrogens (tertiary/aromatic N) is 4. The molecule has 79 heavy (non-hydrogen) atoms. The molecule has 0 atom stereocenters. The Hall–Kier alpha value is -10.4. The van der Waals surface area contributed by atoms with E-state index in [2.05, 4.69) is 176 Å². The first-order valence-corrected chi connectivity index (χ1v) is 26.7. The normalized spacial score (nSPS) is 12.8. The van der Waals surface area contributed by atoms with E-state index in [1.54, 1.807) is 0 Å². The fourth-order valence-corrected chi connectivity index (χ4v) is 12.4. The molecule has 11 aromatic carbocycles. The third-order valence-corrected chi connectivity index (χ3v) is 16.2. The highest BCUT2D eigenvalue weighted by atomic mass is 16.3. The van der Waals surface area contributed by atoms with E-state index in [9.17, 15) is 0 Å². The van der Waals surface area contributed by atoms with E-state index in [4.69, 9.17) is 28.2 Å². The number of anilines is 3. The lowest BCUT2D eigenvalue weighted by atomic mass is 9.82. The smallest absolute Gasteiger partial charge is 0.164 e. The van der Waals surface area contributed by atoms with E-state index >= 15 is 0 Å². The van der Waals surface area contributed by atoms with Gasteiger partial charge in [0, 0.05) is 76.9 Å². The van der Waals surface area contributed by atoms with Gasteiger partial charge in [-0.1, -0.05) is 190 Å². The van der Waals surface area contributed by atoms with Gasteiger partial charge in [0.15, 0.2) is 17.5 Å². The van der Waals surface area contributed by atoms with E-state index in [0.29, 0.717) is 17.5 Å². The molecule has 0 saturated heterocycles. The van der Waals surface area contributed by atoms with E-state index in [1.807, 2.05) is 84.9 Å². The molecule has 0 saturated carbocycles. The number of hydrogen-bond acceptors (Lipinski definition) is 7. The Morgan fingerprint density at radius 1 is 0.329 bits per heavy atom. The van der Waals surface area contributed by atoms with Crippen LogP contribution in [0.1, 0.15) is 25.0 Å².